The number of hydrogen-bond acceptors (Lipinski definition) is 4. The number of fused-ring (bicyclic) bond motifs is 1. The molecule has 1 saturated heterocycles. The molecule has 1 atom stereocenters. The van der Waals surface area contributed by atoms with E-state index in [0.717, 1.165) is 29.9 Å². The van der Waals surface area contributed by atoms with E-state index >= 15 is 0 Å². The zero-order chi connectivity index (χ0) is 14.9. The number of likely N-dealkylation sites (tertiary alicyclic amines) is 1. The lowest BCUT2D eigenvalue weighted by atomic mass is 10.2. The Balaban J connectivity index is 1.67. The van der Waals surface area contributed by atoms with Crippen LogP contribution in [0.25, 0.3) is 10.2 Å². The Morgan fingerprint density at radius 3 is 2.82 bits per heavy atom. The van der Waals surface area contributed by atoms with Gasteiger partial charge in [-0.3, -0.25) is 9.78 Å². The molecule has 22 heavy (non-hydrogen) atoms. The normalized spacial score (nSPS) is 18.0. The SMILES string of the molecule is O=C(c1ccncc1)N1CCCC1c1nc2ccccc2s1. The molecule has 0 saturated carbocycles. The third-order valence-corrected chi connectivity index (χ3v) is 5.17. The number of aromatic nitrogens is 2. The van der Waals surface area contributed by atoms with E-state index in [-0.39, 0.29) is 11.9 Å². The number of carbonyl (C=O) groups is 1. The van der Waals surface area contributed by atoms with Crippen molar-refractivity contribution >= 4 is 27.5 Å². The van der Waals surface area contributed by atoms with E-state index in [4.69, 9.17) is 4.98 Å². The molecular formula is C17H15N3OS. The molecule has 1 aliphatic rings. The summed E-state index contributed by atoms with van der Waals surface area (Å²) in [7, 11) is 0. The molecular weight excluding hydrogens is 294 g/mol. The van der Waals surface area contributed by atoms with Gasteiger partial charge in [0, 0.05) is 24.5 Å². The van der Waals surface area contributed by atoms with Crippen LogP contribution in [0.4, 0.5) is 0 Å². The molecule has 1 aromatic carbocycles. The maximum atomic E-state index is 12.7. The van der Waals surface area contributed by atoms with E-state index in [1.165, 1.54) is 4.70 Å². The van der Waals surface area contributed by atoms with Crippen LogP contribution in [-0.4, -0.2) is 27.3 Å². The van der Waals surface area contributed by atoms with Crippen LogP contribution in [0, 0.1) is 0 Å². The number of carbonyl (C=O) groups excluding carboxylic acids is 1. The number of benzene rings is 1. The van der Waals surface area contributed by atoms with E-state index in [1.54, 1.807) is 35.9 Å². The van der Waals surface area contributed by atoms with Crippen LogP contribution in [-0.2, 0) is 0 Å². The lowest BCUT2D eigenvalue weighted by Crippen LogP contribution is -2.30. The zero-order valence-electron chi connectivity index (χ0n) is 12.0. The molecule has 0 spiro atoms. The first-order chi connectivity index (χ1) is 10.8. The maximum Gasteiger partial charge on any atom is 0.254 e. The fourth-order valence-electron chi connectivity index (χ4n) is 2.96. The minimum Gasteiger partial charge on any atom is -0.329 e. The van der Waals surface area contributed by atoms with E-state index in [2.05, 4.69) is 11.1 Å². The van der Waals surface area contributed by atoms with Crippen molar-refractivity contribution in [2.75, 3.05) is 6.54 Å². The predicted molar refractivity (Wildman–Crippen MR) is 86.9 cm³/mol. The van der Waals surface area contributed by atoms with Gasteiger partial charge in [0.05, 0.1) is 16.3 Å². The van der Waals surface area contributed by atoms with Crippen LogP contribution in [0.1, 0.15) is 34.2 Å². The highest BCUT2D eigenvalue weighted by atomic mass is 32.1. The number of para-hydroxylation sites is 1. The summed E-state index contributed by atoms with van der Waals surface area (Å²) in [6.45, 7) is 0.793. The van der Waals surface area contributed by atoms with Crippen LogP contribution < -0.4 is 0 Å². The highest BCUT2D eigenvalue weighted by Gasteiger charge is 2.32. The van der Waals surface area contributed by atoms with Crippen molar-refractivity contribution in [3.63, 3.8) is 0 Å². The van der Waals surface area contributed by atoms with Gasteiger partial charge in [0.1, 0.15) is 5.01 Å². The second kappa shape index (κ2) is 5.50. The molecule has 4 nitrogen and oxygen atoms in total. The lowest BCUT2D eigenvalue weighted by molar-refractivity contribution is 0.0735. The average molecular weight is 309 g/mol. The lowest BCUT2D eigenvalue weighted by Gasteiger charge is -2.23. The number of amides is 1. The summed E-state index contributed by atoms with van der Waals surface area (Å²) >= 11 is 1.69. The fourth-order valence-corrected chi connectivity index (χ4v) is 4.07. The molecule has 1 unspecified atom stereocenters. The predicted octanol–water partition coefficient (Wildman–Crippen LogP) is 3.67. The molecule has 0 radical (unpaired) electrons. The smallest absolute Gasteiger partial charge is 0.254 e. The highest BCUT2D eigenvalue weighted by Crippen LogP contribution is 2.37. The molecule has 110 valence electrons. The highest BCUT2D eigenvalue weighted by molar-refractivity contribution is 7.18. The number of pyridine rings is 1. The summed E-state index contributed by atoms with van der Waals surface area (Å²) in [5.74, 6) is 0.0733. The molecule has 0 bridgehead atoms. The van der Waals surface area contributed by atoms with Crippen molar-refractivity contribution in [3.05, 3.63) is 59.4 Å². The van der Waals surface area contributed by atoms with Gasteiger partial charge >= 0.3 is 0 Å². The largest absolute Gasteiger partial charge is 0.329 e. The summed E-state index contributed by atoms with van der Waals surface area (Å²) in [5.41, 5.74) is 1.72. The molecule has 2 aromatic heterocycles. The quantitative estimate of drug-likeness (QED) is 0.725. The van der Waals surface area contributed by atoms with Gasteiger partial charge in [-0.2, -0.15) is 0 Å². The number of thiazole rings is 1. The second-order valence-electron chi connectivity index (χ2n) is 5.41. The van der Waals surface area contributed by atoms with Gasteiger partial charge in [0.15, 0.2) is 0 Å². The minimum absolute atomic E-state index is 0.0733. The van der Waals surface area contributed by atoms with Gasteiger partial charge in [0.2, 0.25) is 0 Å². The average Bonchev–Trinajstić information content (AvgIpc) is 3.21. The maximum absolute atomic E-state index is 12.7. The van der Waals surface area contributed by atoms with E-state index in [9.17, 15) is 4.79 Å². The molecule has 3 aromatic rings. The van der Waals surface area contributed by atoms with E-state index in [1.807, 2.05) is 23.1 Å². The van der Waals surface area contributed by atoms with Gasteiger partial charge < -0.3 is 4.90 Å². The first kappa shape index (κ1) is 13.4. The van der Waals surface area contributed by atoms with Crippen molar-refractivity contribution in [2.24, 2.45) is 0 Å². The molecule has 4 rings (SSSR count). The summed E-state index contributed by atoms with van der Waals surface area (Å²) in [4.78, 5) is 23.4. The Hall–Kier alpha value is -2.27. The fraction of sp³-hybridized carbons (Fsp3) is 0.235. The van der Waals surface area contributed by atoms with Crippen molar-refractivity contribution in [1.29, 1.82) is 0 Å². The Kier molecular flexibility index (Phi) is 3.35. The first-order valence-electron chi connectivity index (χ1n) is 7.39. The van der Waals surface area contributed by atoms with Crippen LogP contribution in [0.15, 0.2) is 48.8 Å². The third-order valence-electron chi connectivity index (χ3n) is 4.04. The second-order valence-corrected chi connectivity index (χ2v) is 6.47. The molecule has 5 heteroatoms. The summed E-state index contributed by atoms with van der Waals surface area (Å²) in [6, 6.07) is 11.8. The van der Waals surface area contributed by atoms with Crippen LogP contribution in [0.2, 0.25) is 0 Å². The molecule has 3 heterocycles. The molecule has 1 amide bonds. The van der Waals surface area contributed by atoms with E-state index < -0.39 is 0 Å². The van der Waals surface area contributed by atoms with Gasteiger partial charge in [-0.15, -0.1) is 11.3 Å². The van der Waals surface area contributed by atoms with Crippen molar-refractivity contribution < 1.29 is 4.79 Å². The molecule has 1 fully saturated rings. The minimum atomic E-state index is 0.0733. The summed E-state index contributed by atoms with van der Waals surface area (Å²) in [5, 5.41) is 1.04. The third kappa shape index (κ3) is 2.27. The first-order valence-corrected chi connectivity index (χ1v) is 8.21. The summed E-state index contributed by atoms with van der Waals surface area (Å²) in [6.07, 6.45) is 5.33. The standard InChI is InChI=1S/C17H15N3OS/c21-17(12-7-9-18-10-8-12)20-11-3-5-14(20)16-19-13-4-1-2-6-15(13)22-16/h1-2,4,6-10,14H,3,5,11H2. The molecule has 1 aliphatic heterocycles. The molecule has 0 N–H and O–H groups in total. The number of rotatable bonds is 2. The Bertz CT molecular complexity index is 782. The zero-order valence-corrected chi connectivity index (χ0v) is 12.8. The van der Waals surface area contributed by atoms with Crippen LogP contribution in [0.3, 0.4) is 0 Å². The molecule has 0 aliphatic carbocycles. The summed E-state index contributed by atoms with van der Waals surface area (Å²) < 4.78 is 1.18. The monoisotopic (exact) mass is 309 g/mol. The number of nitrogens with zero attached hydrogens (tertiary/aromatic N) is 3. The van der Waals surface area contributed by atoms with Gasteiger partial charge in [0.25, 0.3) is 5.91 Å². The Morgan fingerprint density at radius 1 is 1.18 bits per heavy atom. The van der Waals surface area contributed by atoms with E-state index in [0.29, 0.717) is 5.56 Å². The van der Waals surface area contributed by atoms with Gasteiger partial charge in [-0.25, -0.2) is 4.98 Å². The number of hydrogen-bond donors (Lipinski definition) is 0. The van der Waals surface area contributed by atoms with Crippen LogP contribution in [0.5, 0.6) is 0 Å². The Morgan fingerprint density at radius 2 is 2.00 bits per heavy atom. The van der Waals surface area contributed by atoms with Crippen molar-refractivity contribution in [1.82, 2.24) is 14.9 Å². The Labute approximate surface area is 132 Å². The topological polar surface area (TPSA) is 46.1 Å². The van der Waals surface area contributed by atoms with Gasteiger partial charge in [-0.1, -0.05) is 12.1 Å². The van der Waals surface area contributed by atoms with Crippen molar-refractivity contribution in [3.8, 4) is 0 Å². The van der Waals surface area contributed by atoms with Crippen LogP contribution >= 0.6 is 11.3 Å². The van der Waals surface area contributed by atoms with Gasteiger partial charge in [-0.05, 0) is 37.1 Å². The van der Waals surface area contributed by atoms with Crippen molar-refractivity contribution in [2.45, 2.75) is 18.9 Å².